The van der Waals surface area contributed by atoms with Crippen LogP contribution in [0, 0.1) is 0 Å². The van der Waals surface area contributed by atoms with Crippen molar-refractivity contribution in [2.24, 2.45) is 0 Å². The molecule has 5 heteroatoms. The van der Waals surface area contributed by atoms with Gasteiger partial charge in [0.05, 0.1) is 17.2 Å². The maximum atomic E-state index is 14.1. The van der Waals surface area contributed by atoms with Crippen molar-refractivity contribution in [3.05, 3.63) is 76.6 Å². The van der Waals surface area contributed by atoms with Crippen LogP contribution in [0.2, 0.25) is 0 Å². The third-order valence-corrected chi connectivity index (χ3v) is 6.85. The fraction of sp³-hybridized carbons (Fsp3) is 0.471. The molecule has 1 heterocycles. The molecule has 39 heavy (non-hydrogen) atoms. The molecular weight excluding hydrogens is 486 g/mol. The van der Waals surface area contributed by atoms with Crippen LogP contribution in [0.1, 0.15) is 111 Å². The van der Waals surface area contributed by atoms with Crippen molar-refractivity contribution < 1.29 is 18.7 Å². The Kier molecular flexibility index (Phi) is 12.0. The molecule has 0 aliphatic carbocycles. The van der Waals surface area contributed by atoms with Gasteiger partial charge in [-0.2, -0.15) is 0 Å². The highest BCUT2D eigenvalue weighted by molar-refractivity contribution is 6.18. The fourth-order valence-electron chi connectivity index (χ4n) is 4.69. The monoisotopic (exact) mass is 531 g/mol. The van der Waals surface area contributed by atoms with Gasteiger partial charge in [0.25, 0.3) is 0 Å². The zero-order chi connectivity index (χ0) is 28.2. The van der Waals surface area contributed by atoms with E-state index < -0.39 is 5.97 Å². The van der Waals surface area contributed by atoms with Crippen LogP contribution >= 0.6 is 0 Å². The summed E-state index contributed by atoms with van der Waals surface area (Å²) in [4.78, 5) is 29.3. The second-order valence-corrected chi connectivity index (χ2v) is 10.5. The fourth-order valence-corrected chi connectivity index (χ4v) is 4.69. The van der Waals surface area contributed by atoms with Gasteiger partial charge in [0.15, 0.2) is 5.78 Å². The SMILES string of the molecule is CCCCc1oc2ccc(C(=O)OC(C)C)cc2c1C(=O)c1ccccc1C=CCN(CCCC)CCCC. The zero-order valence-corrected chi connectivity index (χ0v) is 24.4. The first-order chi connectivity index (χ1) is 18.9. The molecule has 0 N–H and O–H groups in total. The molecule has 0 saturated carbocycles. The predicted octanol–water partition coefficient (Wildman–Crippen LogP) is 8.49. The number of fused-ring (bicyclic) bond motifs is 1. The minimum atomic E-state index is -0.402. The first-order valence-corrected chi connectivity index (χ1v) is 14.7. The molecule has 0 bridgehead atoms. The number of ketones is 1. The van der Waals surface area contributed by atoms with Crippen molar-refractivity contribution in [1.82, 2.24) is 4.90 Å². The molecule has 0 amide bonds. The van der Waals surface area contributed by atoms with E-state index in [2.05, 4.69) is 37.8 Å². The first kappa shape index (κ1) is 30.4. The highest BCUT2D eigenvalue weighted by atomic mass is 16.5. The molecule has 0 atom stereocenters. The predicted molar refractivity (Wildman–Crippen MR) is 161 cm³/mol. The van der Waals surface area contributed by atoms with Gasteiger partial charge in [-0.05, 0) is 70.0 Å². The van der Waals surface area contributed by atoms with Gasteiger partial charge in [0, 0.05) is 23.9 Å². The quantitative estimate of drug-likeness (QED) is 0.137. The average Bonchev–Trinajstić information content (AvgIpc) is 3.30. The number of hydrogen-bond donors (Lipinski definition) is 0. The van der Waals surface area contributed by atoms with Crippen molar-refractivity contribution in [1.29, 1.82) is 0 Å². The van der Waals surface area contributed by atoms with E-state index in [1.807, 2.05) is 38.1 Å². The van der Waals surface area contributed by atoms with Crippen molar-refractivity contribution in [2.45, 2.75) is 85.7 Å². The van der Waals surface area contributed by atoms with E-state index >= 15 is 0 Å². The van der Waals surface area contributed by atoms with E-state index in [0.29, 0.717) is 39.8 Å². The Balaban J connectivity index is 1.97. The summed E-state index contributed by atoms with van der Waals surface area (Å²) in [6.07, 6.45) is 11.3. The average molecular weight is 532 g/mol. The van der Waals surface area contributed by atoms with Gasteiger partial charge in [-0.25, -0.2) is 4.79 Å². The summed E-state index contributed by atoms with van der Waals surface area (Å²) in [5.74, 6) is 0.194. The Bertz CT molecular complexity index is 1250. The van der Waals surface area contributed by atoms with Gasteiger partial charge in [0.2, 0.25) is 0 Å². The van der Waals surface area contributed by atoms with Crippen LogP contribution in [0.15, 0.2) is 53.0 Å². The summed E-state index contributed by atoms with van der Waals surface area (Å²) in [7, 11) is 0. The minimum absolute atomic E-state index is 0.0803. The molecule has 0 unspecified atom stereocenters. The lowest BCUT2D eigenvalue weighted by atomic mass is 9.94. The molecule has 3 aromatic rings. The van der Waals surface area contributed by atoms with Crippen LogP contribution in [-0.2, 0) is 11.2 Å². The molecule has 0 spiro atoms. The number of furan rings is 1. The second kappa shape index (κ2) is 15.4. The van der Waals surface area contributed by atoms with Crippen molar-refractivity contribution in [2.75, 3.05) is 19.6 Å². The Morgan fingerprint density at radius 3 is 2.31 bits per heavy atom. The lowest BCUT2D eigenvalue weighted by Crippen LogP contribution is -2.26. The molecule has 1 aromatic heterocycles. The number of carbonyl (C=O) groups is 2. The number of benzene rings is 2. The zero-order valence-electron chi connectivity index (χ0n) is 24.4. The summed E-state index contributed by atoms with van der Waals surface area (Å²) in [5, 5.41) is 0.661. The molecule has 0 saturated heterocycles. The summed E-state index contributed by atoms with van der Waals surface area (Å²) >= 11 is 0. The maximum Gasteiger partial charge on any atom is 0.338 e. The van der Waals surface area contributed by atoms with Gasteiger partial charge in [-0.15, -0.1) is 0 Å². The van der Waals surface area contributed by atoms with Crippen LogP contribution in [-0.4, -0.2) is 42.4 Å². The number of esters is 1. The van der Waals surface area contributed by atoms with Crippen LogP contribution in [0.4, 0.5) is 0 Å². The van der Waals surface area contributed by atoms with E-state index in [9.17, 15) is 9.59 Å². The third-order valence-electron chi connectivity index (χ3n) is 6.85. The number of carbonyl (C=O) groups excluding carboxylic acids is 2. The summed E-state index contributed by atoms with van der Waals surface area (Å²) in [6, 6.07) is 13.0. The minimum Gasteiger partial charge on any atom is -0.460 e. The number of unbranched alkanes of at least 4 members (excludes halogenated alkanes) is 3. The largest absolute Gasteiger partial charge is 0.460 e. The molecule has 0 fully saturated rings. The van der Waals surface area contributed by atoms with Gasteiger partial charge in [-0.3, -0.25) is 9.69 Å². The van der Waals surface area contributed by atoms with Gasteiger partial charge in [-0.1, -0.05) is 76.5 Å². The van der Waals surface area contributed by atoms with E-state index in [1.165, 1.54) is 25.7 Å². The highest BCUT2D eigenvalue weighted by Gasteiger charge is 2.24. The molecule has 0 aliphatic rings. The van der Waals surface area contributed by atoms with Crippen molar-refractivity contribution in [3.63, 3.8) is 0 Å². The summed E-state index contributed by atoms with van der Waals surface area (Å²) in [5.41, 5.74) is 3.10. The number of ether oxygens (including phenoxy) is 1. The highest BCUT2D eigenvalue weighted by Crippen LogP contribution is 2.31. The van der Waals surface area contributed by atoms with E-state index in [1.54, 1.807) is 18.2 Å². The summed E-state index contributed by atoms with van der Waals surface area (Å²) < 4.78 is 11.6. The molecule has 0 aliphatic heterocycles. The number of aryl methyl sites for hydroxylation is 1. The van der Waals surface area contributed by atoms with Crippen LogP contribution in [0.3, 0.4) is 0 Å². The van der Waals surface area contributed by atoms with Crippen LogP contribution < -0.4 is 0 Å². The maximum absolute atomic E-state index is 14.1. The molecule has 3 rings (SSSR count). The van der Waals surface area contributed by atoms with Crippen LogP contribution in [0.5, 0.6) is 0 Å². The van der Waals surface area contributed by atoms with E-state index in [4.69, 9.17) is 9.15 Å². The molecule has 210 valence electrons. The Labute approximate surface area is 234 Å². The second-order valence-electron chi connectivity index (χ2n) is 10.5. The van der Waals surface area contributed by atoms with E-state index in [-0.39, 0.29) is 11.9 Å². The van der Waals surface area contributed by atoms with Gasteiger partial charge < -0.3 is 9.15 Å². The molecule has 2 aromatic carbocycles. The van der Waals surface area contributed by atoms with E-state index in [0.717, 1.165) is 38.0 Å². The molecule has 0 radical (unpaired) electrons. The topological polar surface area (TPSA) is 59.8 Å². The lowest BCUT2D eigenvalue weighted by molar-refractivity contribution is 0.0378. The van der Waals surface area contributed by atoms with Crippen LogP contribution in [0.25, 0.3) is 17.0 Å². The Hall–Kier alpha value is -3.18. The van der Waals surface area contributed by atoms with Gasteiger partial charge in [0.1, 0.15) is 11.3 Å². The third kappa shape index (κ3) is 8.40. The first-order valence-electron chi connectivity index (χ1n) is 14.7. The standard InChI is InChI=1S/C34H45NO4/c1-6-9-18-31-32(29-24-27(19-20-30(29)39-31)34(37)38-25(4)5)33(36)28-17-13-12-15-26(28)16-14-23-35(21-10-7-2)22-11-8-3/h12-17,19-20,24-25H,6-11,18,21-23H2,1-5H3. The molecule has 5 nitrogen and oxygen atoms in total. The number of hydrogen-bond acceptors (Lipinski definition) is 5. The lowest BCUT2D eigenvalue weighted by Gasteiger charge is -2.20. The van der Waals surface area contributed by atoms with Crippen molar-refractivity contribution in [3.8, 4) is 0 Å². The Morgan fingerprint density at radius 1 is 0.949 bits per heavy atom. The molecular formula is C34H45NO4. The summed E-state index contributed by atoms with van der Waals surface area (Å²) in [6.45, 7) is 13.2. The van der Waals surface area contributed by atoms with Crippen molar-refractivity contribution >= 4 is 28.8 Å². The Morgan fingerprint density at radius 2 is 1.64 bits per heavy atom. The number of rotatable bonds is 16. The normalized spacial score (nSPS) is 11.8. The van der Waals surface area contributed by atoms with Gasteiger partial charge >= 0.3 is 5.97 Å². The smallest absolute Gasteiger partial charge is 0.338 e. The number of nitrogens with zero attached hydrogens (tertiary/aromatic N) is 1.